The van der Waals surface area contributed by atoms with Gasteiger partial charge in [-0.25, -0.2) is 4.79 Å². The molecule has 1 fully saturated rings. The van der Waals surface area contributed by atoms with E-state index in [1.807, 2.05) is 0 Å². The molecule has 1 aliphatic heterocycles. The zero-order valence-electron chi connectivity index (χ0n) is 16.7. The lowest BCUT2D eigenvalue weighted by atomic mass is 9.98. The highest BCUT2D eigenvalue weighted by molar-refractivity contribution is 5.70. The number of ether oxygens (including phenoxy) is 7. The van der Waals surface area contributed by atoms with Crippen molar-refractivity contribution >= 4 is 29.8 Å². The molecule has 12 nitrogen and oxygen atoms in total. The summed E-state index contributed by atoms with van der Waals surface area (Å²) in [6.07, 6.45) is -6.69. The first-order valence-electron chi connectivity index (χ1n) is 8.54. The summed E-state index contributed by atoms with van der Waals surface area (Å²) in [6.45, 7) is 3.62. The predicted octanol–water partition coefficient (Wildman–Crippen LogP) is -0.741. The van der Waals surface area contributed by atoms with Crippen LogP contribution >= 0.6 is 0 Å². The molecular formula is C17H24O12. The number of methoxy groups -OCH3 is 1. The zero-order valence-corrected chi connectivity index (χ0v) is 16.7. The number of hydrogen-bond acceptors (Lipinski definition) is 12. The molecule has 12 heteroatoms. The Morgan fingerprint density at radius 2 is 1.21 bits per heavy atom. The minimum Gasteiger partial charge on any atom is -0.467 e. The van der Waals surface area contributed by atoms with Gasteiger partial charge in [-0.3, -0.25) is 19.2 Å². The molecule has 1 unspecified atom stereocenters. The summed E-state index contributed by atoms with van der Waals surface area (Å²) < 4.78 is 35.8. The highest BCUT2D eigenvalue weighted by Crippen LogP contribution is 2.30. The minimum atomic E-state index is -1.49. The maximum atomic E-state index is 11.6. The summed E-state index contributed by atoms with van der Waals surface area (Å²) in [7, 11) is 1.17. The molecule has 0 aromatic heterocycles. The third-order valence-corrected chi connectivity index (χ3v) is 3.51. The van der Waals surface area contributed by atoms with Crippen LogP contribution < -0.4 is 0 Å². The fourth-order valence-corrected chi connectivity index (χ4v) is 2.57. The SMILES string of the molecule is COC(=O)COC[C@H]1OC(OC(C)=O)[C@H](OC(C)=O)[C@@H](OC(C)=O)[C@H]1OC(C)=O. The summed E-state index contributed by atoms with van der Waals surface area (Å²) in [5.41, 5.74) is 0. The fourth-order valence-electron chi connectivity index (χ4n) is 2.57. The highest BCUT2D eigenvalue weighted by Gasteiger charge is 2.53. The van der Waals surface area contributed by atoms with Crippen molar-refractivity contribution in [1.29, 1.82) is 0 Å². The second-order valence-corrected chi connectivity index (χ2v) is 5.97. The van der Waals surface area contributed by atoms with Gasteiger partial charge in [-0.1, -0.05) is 0 Å². The van der Waals surface area contributed by atoms with Crippen molar-refractivity contribution in [3.8, 4) is 0 Å². The van der Waals surface area contributed by atoms with Gasteiger partial charge in [-0.15, -0.1) is 0 Å². The first kappa shape index (κ1) is 24.3. The van der Waals surface area contributed by atoms with Crippen LogP contribution in [0.4, 0.5) is 0 Å². The van der Waals surface area contributed by atoms with Crippen molar-refractivity contribution in [2.24, 2.45) is 0 Å². The third kappa shape index (κ3) is 8.03. The third-order valence-electron chi connectivity index (χ3n) is 3.51. The molecule has 1 aliphatic rings. The smallest absolute Gasteiger partial charge is 0.331 e. The van der Waals surface area contributed by atoms with Crippen molar-refractivity contribution in [2.75, 3.05) is 20.3 Å². The molecule has 1 rings (SSSR count). The van der Waals surface area contributed by atoms with E-state index in [0.29, 0.717) is 0 Å². The zero-order chi connectivity index (χ0) is 22.1. The maximum Gasteiger partial charge on any atom is 0.331 e. The van der Waals surface area contributed by atoms with E-state index in [4.69, 9.17) is 28.4 Å². The van der Waals surface area contributed by atoms with Crippen LogP contribution in [0.15, 0.2) is 0 Å². The first-order valence-corrected chi connectivity index (χ1v) is 8.54. The normalized spacial score (nSPS) is 26.0. The van der Waals surface area contributed by atoms with Gasteiger partial charge in [0.25, 0.3) is 0 Å². The highest BCUT2D eigenvalue weighted by atomic mass is 16.7. The van der Waals surface area contributed by atoms with Crippen LogP contribution in [0.2, 0.25) is 0 Å². The lowest BCUT2D eigenvalue weighted by Crippen LogP contribution is -2.63. The molecule has 0 bridgehead atoms. The van der Waals surface area contributed by atoms with Crippen molar-refractivity contribution in [1.82, 2.24) is 0 Å². The monoisotopic (exact) mass is 420 g/mol. The lowest BCUT2D eigenvalue weighted by molar-refractivity contribution is -0.301. The Hall–Kier alpha value is -2.73. The largest absolute Gasteiger partial charge is 0.467 e. The molecule has 0 amide bonds. The Morgan fingerprint density at radius 1 is 0.724 bits per heavy atom. The molecule has 164 valence electrons. The molecule has 5 atom stereocenters. The van der Waals surface area contributed by atoms with Crippen molar-refractivity contribution < 1.29 is 57.1 Å². The van der Waals surface area contributed by atoms with E-state index in [0.717, 1.165) is 27.7 Å². The number of carbonyl (C=O) groups excluding carboxylic acids is 5. The Morgan fingerprint density at radius 3 is 1.69 bits per heavy atom. The fraction of sp³-hybridized carbons (Fsp3) is 0.706. The van der Waals surface area contributed by atoms with Gasteiger partial charge in [-0.05, 0) is 0 Å². The van der Waals surface area contributed by atoms with Crippen LogP contribution in [-0.2, 0) is 57.1 Å². The predicted molar refractivity (Wildman–Crippen MR) is 89.9 cm³/mol. The van der Waals surface area contributed by atoms with Gasteiger partial charge < -0.3 is 33.2 Å². The van der Waals surface area contributed by atoms with Gasteiger partial charge in [0.2, 0.25) is 12.4 Å². The number of carbonyl (C=O) groups is 5. The lowest BCUT2D eigenvalue weighted by Gasteiger charge is -2.43. The van der Waals surface area contributed by atoms with E-state index in [1.165, 1.54) is 7.11 Å². The van der Waals surface area contributed by atoms with E-state index in [-0.39, 0.29) is 6.61 Å². The van der Waals surface area contributed by atoms with E-state index in [1.54, 1.807) is 0 Å². The topological polar surface area (TPSA) is 150 Å². The van der Waals surface area contributed by atoms with Crippen LogP contribution in [0, 0.1) is 0 Å². The van der Waals surface area contributed by atoms with Crippen LogP contribution in [0.3, 0.4) is 0 Å². The van der Waals surface area contributed by atoms with E-state index < -0.39 is 67.2 Å². The second kappa shape index (κ2) is 11.3. The molecule has 29 heavy (non-hydrogen) atoms. The van der Waals surface area contributed by atoms with Crippen molar-refractivity contribution in [3.63, 3.8) is 0 Å². The number of rotatable bonds is 8. The van der Waals surface area contributed by atoms with Crippen LogP contribution in [-0.4, -0.2) is 80.9 Å². The summed E-state index contributed by atoms with van der Waals surface area (Å²) >= 11 is 0. The molecule has 0 aromatic rings. The molecule has 1 saturated heterocycles. The van der Waals surface area contributed by atoms with Gasteiger partial charge in [-0.2, -0.15) is 0 Å². The quantitative estimate of drug-likeness (QED) is 0.359. The Labute approximate surface area is 166 Å². The molecule has 0 N–H and O–H groups in total. The average Bonchev–Trinajstić information content (AvgIpc) is 2.59. The maximum absolute atomic E-state index is 11.6. The summed E-state index contributed by atoms with van der Waals surface area (Å²) in [6, 6.07) is 0. The van der Waals surface area contributed by atoms with Gasteiger partial charge in [0.15, 0.2) is 12.2 Å². The second-order valence-electron chi connectivity index (χ2n) is 5.97. The first-order chi connectivity index (χ1) is 13.5. The molecule has 1 heterocycles. The number of esters is 5. The Balaban J connectivity index is 3.21. The molecule has 0 aliphatic carbocycles. The number of hydrogen-bond donors (Lipinski definition) is 0. The van der Waals surface area contributed by atoms with E-state index in [2.05, 4.69) is 4.74 Å². The Kier molecular flexibility index (Phi) is 9.48. The standard InChI is InChI=1S/C17H24O12/c1-8(18)25-14-12(6-24-7-13(22)23-5)29-17(28-11(4)21)16(27-10(3)20)15(14)26-9(2)19/h12,14-17H,6-7H2,1-5H3/t12-,14+,15+,16-,17?/m1/s1. The van der Waals surface area contributed by atoms with Gasteiger partial charge >= 0.3 is 29.8 Å². The van der Waals surface area contributed by atoms with Gasteiger partial charge in [0.1, 0.15) is 12.7 Å². The Bertz CT molecular complexity index is 630. The van der Waals surface area contributed by atoms with Crippen LogP contribution in [0.5, 0.6) is 0 Å². The van der Waals surface area contributed by atoms with E-state index >= 15 is 0 Å². The van der Waals surface area contributed by atoms with Gasteiger partial charge in [0, 0.05) is 27.7 Å². The van der Waals surface area contributed by atoms with Crippen molar-refractivity contribution in [3.05, 3.63) is 0 Å². The summed E-state index contributed by atoms with van der Waals surface area (Å²) in [5, 5.41) is 0. The van der Waals surface area contributed by atoms with Crippen LogP contribution in [0.25, 0.3) is 0 Å². The summed E-state index contributed by atoms with van der Waals surface area (Å²) in [4.78, 5) is 57.4. The molecule has 0 saturated carbocycles. The summed E-state index contributed by atoms with van der Waals surface area (Å²) in [5.74, 6) is -3.75. The molecule has 0 spiro atoms. The average molecular weight is 420 g/mol. The molecular weight excluding hydrogens is 396 g/mol. The minimum absolute atomic E-state index is 0.324. The molecule has 0 aromatic carbocycles. The van der Waals surface area contributed by atoms with Crippen LogP contribution in [0.1, 0.15) is 27.7 Å². The van der Waals surface area contributed by atoms with E-state index in [9.17, 15) is 24.0 Å². The van der Waals surface area contributed by atoms with Gasteiger partial charge in [0.05, 0.1) is 13.7 Å². The van der Waals surface area contributed by atoms with Crippen molar-refractivity contribution in [2.45, 2.75) is 58.4 Å². The molecule has 0 radical (unpaired) electrons.